The average Bonchev–Trinajstić information content (AvgIpc) is 3.16. The summed E-state index contributed by atoms with van der Waals surface area (Å²) in [6.07, 6.45) is 1.61. The van der Waals surface area contributed by atoms with Gasteiger partial charge in [-0.15, -0.1) is 0 Å². The van der Waals surface area contributed by atoms with Gasteiger partial charge in [0, 0.05) is 43.5 Å². The molecule has 1 aliphatic rings. The van der Waals surface area contributed by atoms with Crippen molar-refractivity contribution in [1.29, 1.82) is 0 Å². The minimum atomic E-state index is -3.85. The number of hydrogen-bond donors (Lipinski definition) is 3. The summed E-state index contributed by atoms with van der Waals surface area (Å²) in [6.45, 7) is 9.91. The van der Waals surface area contributed by atoms with Crippen LogP contribution >= 0.6 is 0 Å². The zero-order chi connectivity index (χ0) is 27.2. The number of methoxy groups -OCH3 is 1. The average molecular weight is 535 g/mol. The molecule has 0 aliphatic carbocycles. The number of nitrogens with zero attached hydrogens (tertiary/aromatic N) is 4. The van der Waals surface area contributed by atoms with Crippen LogP contribution in [0.1, 0.15) is 20.8 Å². The quantitative estimate of drug-likeness (QED) is 0.381. The largest absolute Gasteiger partial charge is 0.483 e. The van der Waals surface area contributed by atoms with Crippen LogP contribution in [0.2, 0.25) is 0 Å². The molecule has 0 saturated carbocycles. The summed E-state index contributed by atoms with van der Waals surface area (Å²) >= 11 is 0. The lowest BCUT2D eigenvalue weighted by Gasteiger charge is -2.26. The molecule has 12 nitrogen and oxygen atoms in total. The molecule has 0 unspecified atom stereocenters. The Labute approximate surface area is 216 Å². The lowest BCUT2D eigenvalue weighted by Crippen LogP contribution is -2.40. The Kier molecular flexibility index (Phi) is 9.07. The van der Waals surface area contributed by atoms with Crippen molar-refractivity contribution in [3.8, 4) is 17.0 Å². The molecule has 0 bridgehead atoms. The predicted molar refractivity (Wildman–Crippen MR) is 140 cm³/mol. The molecule has 4 rings (SSSR count). The van der Waals surface area contributed by atoms with Crippen LogP contribution in [-0.2, 0) is 26.1 Å². The second kappa shape index (κ2) is 11.9. The number of sulfonamides is 1. The van der Waals surface area contributed by atoms with Gasteiger partial charge in [-0.25, -0.2) is 23.1 Å². The van der Waals surface area contributed by atoms with Gasteiger partial charge in [0.15, 0.2) is 0 Å². The van der Waals surface area contributed by atoms with Crippen LogP contribution in [0.4, 0.5) is 5.95 Å². The van der Waals surface area contributed by atoms with Crippen molar-refractivity contribution in [2.24, 2.45) is 0 Å². The highest BCUT2D eigenvalue weighted by atomic mass is 32.2. The first kappa shape index (κ1) is 28.3. The fourth-order valence-corrected chi connectivity index (χ4v) is 5.58. The number of fused-ring (bicyclic) bond motifs is 1. The van der Waals surface area contributed by atoms with Gasteiger partial charge in [-0.3, -0.25) is 9.69 Å². The van der Waals surface area contributed by atoms with E-state index in [1.807, 2.05) is 22.8 Å². The maximum absolute atomic E-state index is 13.0. The highest BCUT2D eigenvalue weighted by molar-refractivity contribution is 7.89. The molecule has 0 spiro atoms. The van der Waals surface area contributed by atoms with E-state index in [-0.39, 0.29) is 17.2 Å². The molecule has 1 aromatic carbocycles. The Morgan fingerprint density at radius 1 is 1.19 bits per heavy atom. The minimum Gasteiger partial charge on any atom is -0.483 e. The molecule has 3 aromatic rings. The number of rotatable bonds is 7. The third-order valence-electron chi connectivity index (χ3n) is 5.60. The Morgan fingerprint density at radius 3 is 2.49 bits per heavy atom. The fourth-order valence-electron chi connectivity index (χ4n) is 4.02. The summed E-state index contributed by atoms with van der Waals surface area (Å²) in [5.41, 5.74) is 8.71. The number of ether oxygens (including phenoxy) is 2. The maximum atomic E-state index is 13.0. The first-order chi connectivity index (χ1) is 17.5. The van der Waals surface area contributed by atoms with E-state index < -0.39 is 15.6 Å². The van der Waals surface area contributed by atoms with Crippen LogP contribution in [0.3, 0.4) is 0 Å². The zero-order valence-electron chi connectivity index (χ0n) is 21.5. The number of pyridine rings is 1. The van der Waals surface area contributed by atoms with Gasteiger partial charge in [0.2, 0.25) is 21.9 Å². The molecule has 3 heterocycles. The molecule has 2 aromatic heterocycles. The first-order valence-electron chi connectivity index (χ1n) is 11.7. The van der Waals surface area contributed by atoms with Crippen molar-refractivity contribution in [1.82, 2.24) is 24.2 Å². The number of nitrogens with two attached hydrogens (primary N) is 1. The number of imidazole rings is 1. The predicted octanol–water partition coefficient (Wildman–Crippen LogP) is 1.80. The molecule has 13 heteroatoms. The Morgan fingerprint density at radius 2 is 1.86 bits per heavy atom. The lowest BCUT2D eigenvalue weighted by atomic mass is 10.1. The van der Waals surface area contributed by atoms with E-state index in [0.29, 0.717) is 18.1 Å². The number of anilines is 1. The smallest absolute Gasteiger partial charge is 0.290 e. The van der Waals surface area contributed by atoms with Crippen molar-refractivity contribution in [2.45, 2.75) is 37.8 Å². The van der Waals surface area contributed by atoms with E-state index in [4.69, 9.17) is 25.1 Å². The second-order valence-electron chi connectivity index (χ2n) is 9.47. The third-order valence-corrected chi connectivity index (χ3v) is 7.35. The van der Waals surface area contributed by atoms with E-state index in [1.165, 1.54) is 7.11 Å². The molecule has 4 N–H and O–H groups in total. The molecule has 1 saturated heterocycles. The van der Waals surface area contributed by atoms with Gasteiger partial charge < -0.3 is 24.9 Å². The minimum absolute atomic E-state index is 0.0112. The normalized spacial score (nSPS) is 14.7. The Balaban J connectivity index is 0.00000121. The van der Waals surface area contributed by atoms with E-state index in [0.717, 1.165) is 49.4 Å². The first-order valence-corrected chi connectivity index (χ1v) is 13.2. The molecule has 37 heavy (non-hydrogen) atoms. The van der Waals surface area contributed by atoms with Crippen LogP contribution in [0, 0.1) is 0 Å². The van der Waals surface area contributed by atoms with Gasteiger partial charge in [-0.1, -0.05) is 6.07 Å². The Bertz CT molecular complexity index is 1330. The number of benzene rings is 1. The van der Waals surface area contributed by atoms with Gasteiger partial charge in [0.1, 0.15) is 4.90 Å². The highest BCUT2D eigenvalue weighted by Crippen LogP contribution is 2.31. The van der Waals surface area contributed by atoms with Gasteiger partial charge in [-0.05, 0) is 44.5 Å². The Hall–Kier alpha value is -3.26. The summed E-state index contributed by atoms with van der Waals surface area (Å²) in [5, 5.41) is 6.89. The van der Waals surface area contributed by atoms with Crippen LogP contribution in [0.15, 0.2) is 35.4 Å². The number of hydrogen-bond acceptors (Lipinski definition) is 9. The van der Waals surface area contributed by atoms with Crippen LogP contribution in [-0.4, -0.2) is 84.9 Å². The van der Waals surface area contributed by atoms with Crippen molar-refractivity contribution >= 4 is 33.5 Å². The van der Waals surface area contributed by atoms with Crippen LogP contribution in [0.25, 0.3) is 22.2 Å². The number of aromatic nitrogens is 3. The molecule has 202 valence electrons. The fraction of sp³-hybridized carbons (Fsp3) is 0.458. The van der Waals surface area contributed by atoms with Crippen molar-refractivity contribution in [3.05, 3.63) is 30.5 Å². The molecule has 0 amide bonds. The third kappa shape index (κ3) is 7.16. The summed E-state index contributed by atoms with van der Waals surface area (Å²) in [5.74, 6) is 0.493. The van der Waals surface area contributed by atoms with Gasteiger partial charge >= 0.3 is 0 Å². The lowest BCUT2D eigenvalue weighted by molar-refractivity contribution is -0.122. The second-order valence-corrected chi connectivity index (χ2v) is 11.1. The molecule has 1 aliphatic heterocycles. The van der Waals surface area contributed by atoms with Crippen molar-refractivity contribution in [3.63, 3.8) is 0 Å². The standard InChI is InChI=1S/C23H32N6O4S.CH2O2/c1-23(2,3)27-34(30,31)20-14-17(15-25-21(20)32-4)16-5-6-18-19(13-16)29(22(24)26-18)8-7-28-9-11-33-12-10-28;2-1-3/h5-6,13-15,27H,7-12H2,1-4H3,(H2,24,26);1H,(H,2,3). The SMILES string of the molecule is COc1ncc(-c2ccc3nc(N)n(CCN4CCOCC4)c3c2)cc1S(=O)(=O)NC(C)(C)C.O=CO. The highest BCUT2D eigenvalue weighted by Gasteiger charge is 2.27. The summed E-state index contributed by atoms with van der Waals surface area (Å²) in [4.78, 5) is 19.4. The number of morpholine rings is 1. The molecular weight excluding hydrogens is 500 g/mol. The van der Waals surface area contributed by atoms with Crippen molar-refractivity contribution < 1.29 is 27.8 Å². The van der Waals surface area contributed by atoms with E-state index in [9.17, 15) is 8.42 Å². The number of nitrogen functional groups attached to an aromatic ring is 1. The monoisotopic (exact) mass is 534 g/mol. The summed E-state index contributed by atoms with van der Waals surface area (Å²) in [6, 6.07) is 7.32. The maximum Gasteiger partial charge on any atom is 0.290 e. The zero-order valence-corrected chi connectivity index (χ0v) is 22.3. The summed E-state index contributed by atoms with van der Waals surface area (Å²) < 4.78 is 41.4. The van der Waals surface area contributed by atoms with Gasteiger partial charge in [0.05, 0.1) is 31.4 Å². The van der Waals surface area contributed by atoms with E-state index in [2.05, 4.69) is 19.6 Å². The van der Waals surface area contributed by atoms with E-state index in [1.54, 1.807) is 33.0 Å². The van der Waals surface area contributed by atoms with Crippen LogP contribution in [0.5, 0.6) is 5.88 Å². The van der Waals surface area contributed by atoms with Gasteiger partial charge in [0.25, 0.3) is 6.47 Å². The summed E-state index contributed by atoms with van der Waals surface area (Å²) in [7, 11) is -2.45. The van der Waals surface area contributed by atoms with E-state index >= 15 is 0 Å². The molecule has 1 fully saturated rings. The number of carboxylic acid groups (broad SMARTS) is 1. The molecule has 0 radical (unpaired) electrons. The van der Waals surface area contributed by atoms with Crippen molar-refractivity contribution in [2.75, 3.05) is 45.7 Å². The van der Waals surface area contributed by atoms with Crippen LogP contribution < -0.4 is 15.2 Å². The number of nitrogens with one attached hydrogen (secondary N) is 1. The molecular formula is C24H34N6O6S. The van der Waals surface area contributed by atoms with Gasteiger partial charge in [-0.2, -0.15) is 0 Å². The molecule has 0 atom stereocenters. The number of carbonyl (C=O) groups is 1. The topological polar surface area (TPSA) is 162 Å².